The minimum atomic E-state index is -0.306. The molecule has 3 heterocycles. The third-order valence-corrected chi connectivity index (χ3v) is 3.36. The molecule has 7 nitrogen and oxygen atoms in total. The Morgan fingerprint density at radius 2 is 2.16 bits per heavy atom. The van der Waals surface area contributed by atoms with Crippen LogP contribution in [0.15, 0.2) is 12.7 Å². The molecule has 1 aliphatic heterocycles. The highest BCUT2D eigenvalue weighted by Crippen LogP contribution is 2.17. The predicted octanol–water partition coefficient (Wildman–Crippen LogP) is 0.776. The van der Waals surface area contributed by atoms with Crippen molar-refractivity contribution in [1.29, 1.82) is 0 Å². The molecule has 0 spiro atoms. The van der Waals surface area contributed by atoms with Crippen LogP contribution in [0.3, 0.4) is 0 Å². The summed E-state index contributed by atoms with van der Waals surface area (Å²) in [5.41, 5.74) is 1.32. The summed E-state index contributed by atoms with van der Waals surface area (Å²) in [5.74, 6) is 0.728. The third-order valence-electron chi connectivity index (χ3n) is 3.36. The maximum absolute atomic E-state index is 12.2. The van der Waals surface area contributed by atoms with Gasteiger partial charge in [-0.15, -0.1) is 0 Å². The average molecular weight is 260 g/mol. The van der Waals surface area contributed by atoms with Gasteiger partial charge in [-0.1, -0.05) is 0 Å². The summed E-state index contributed by atoms with van der Waals surface area (Å²) in [7, 11) is 0. The Morgan fingerprint density at radius 1 is 1.37 bits per heavy atom. The normalized spacial score (nSPS) is 16.8. The number of nitrogens with one attached hydrogen (secondary N) is 2. The zero-order valence-corrected chi connectivity index (χ0v) is 10.8. The van der Waals surface area contributed by atoms with Crippen molar-refractivity contribution in [3.63, 3.8) is 0 Å². The molecule has 19 heavy (non-hydrogen) atoms. The lowest BCUT2D eigenvalue weighted by atomic mass is 10.3. The van der Waals surface area contributed by atoms with Gasteiger partial charge in [0, 0.05) is 13.1 Å². The first-order chi connectivity index (χ1) is 9.25. The summed E-state index contributed by atoms with van der Waals surface area (Å²) in [6.07, 6.45) is 5.20. The molecule has 100 valence electrons. The molecule has 0 aliphatic carbocycles. The summed E-state index contributed by atoms with van der Waals surface area (Å²) in [6, 6.07) is -0.306. The van der Waals surface area contributed by atoms with Crippen LogP contribution in [0.4, 0.5) is 5.82 Å². The topological polar surface area (TPSA) is 86.8 Å². The van der Waals surface area contributed by atoms with E-state index in [4.69, 9.17) is 0 Å². The quantitative estimate of drug-likeness (QED) is 0.851. The lowest BCUT2D eigenvalue weighted by Crippen LogP contribution is -2.39. The summed E-state index contributed by atoms with van der Waals surface area (Å²) in [4.78, 5) is 29.4. The molecule has 0 radical (unpaired) electrons. The van der Waals surface area contributed by atoms with Gasteiger partial charge in [0.05, 0.1) is 6.33 Å². The van der Waals surface area contributed by atoms with Crippen LogP contribution < -0.4 is 5.32 Å². The maximum atomic E-state index is 12.2. The fraction of sp³-hybridized carbons (Fsp3) is 0.500. The van der Waals surface area contributed by atoms with Crippen LogP contribution in [0.2, 0.25) is 0 Å². The van der Waals surface area contributed by atoms with Gasteiger partial charge < -0.3 is 15.2 Å². The third kappa shape index (κ3) is 2.23. The molecule has 3 rings (SSSR count). The van der Waals surface area contributed by atoms with Crippen LogP contribution in [-0.2, 0) is 4.79 Å². The number of aromatic amines is 1. The van der Waals surface area contributed by atoms with Gasteiger partial charge in [-0.25, -0.2) is 15.0 Å². The van der Waals surface area contributed by atoms with Crippen LogP contribution in [0.1, 0.15) is 19.8 Å². The van der Waals surface area contributed by atoms with Crippen molar-refractivity contribution >= 4 is 22.9 Å². The molecule has 0 saturated carbocycles. The summed E-state index contributed by atoms with van der Waals surface area (Å²) < 4.78 is 0. The molecule has 1 aliphatic rings. The number of likely N-dealkylation sites (tertiary alicyclic amines) is 1. The van der Waals surface area contributed by atoms with Gasteiger partial charge in [0.15, 0.2) is 11.5 Å². The summed E-state index contributed by atoms with van der Waals surface area (Å²) in [6.45, 7) is 3.56. The molecule has 2 aromatic heterocycles. The van der Waals surface area contributed by atoms with Crippen molar-refractivity contribution in [3.8, 4) is 0 Å². The van der Waals surface area contributed by atoms with Gasteiger partial charge in [-0.3, -0.25) is 4.79 Å². The Bertz CT molecular complexity index is 589. The van der Waals surface area contributed by atoms with Crippen molar-refractivity contribution in [3.05, 3.63) is 12.7 Å². The number of carbonyl (C=O) groups is 1. The number of H-pyrrole nitrogens is 1. The van der Waals surface area contributed by atoms with Crippen LogP contribution in [0.25, 0.3) is 11.2 Å². The van der Waals surface area contributed by atoms with E-state index < -0.39 is 0 Å². The van der Waals surface area contributed by atoms with Gasteiger partial charge in [0.25, 0.3) is 0 Å². The van der Waals surface area contributed by atoms with E-state index in [0.717, 1.165) is 31.4 Å². The van der Waals surface area contributed by atoms with Crippen molar-refractivity contribution < 1.29 is 4.79 Å². The minimum Gasteiger partial charge on any atom is -0.357 e. The highest BCUT2D eigenvalue weighted by Gasteiger charge is 2.23. The van der Waals surface area contributed by atoms with E-state index in [2.05, 4.69) is 25.3 Å². The van der Waals surface area contributed by atoms with Gasteiger partial charge in [0.2, 0.25) is 5.91 Å². The molecule has 7 heteroatoms. The van der Waals surface area contributed by atoms with Crippen molar-refractivity contribution in [2.24, 2.45) is 0 Å². The second kappa shape index (κ2) is 4.83. The fourth-order valence-electron chi connectivity index (χ4n) is 2.35. The number of fused-ring (bicyclic) bond motifs is 1. The number of aromatic nitrogens is 4. The van der Waals surface area contributed by atoms with Crippen LogP contribution in [0.5, 0.6) is 0 Å². The summed E-state index contributed by atoms with van der Waals surface area (Å²) in [5, 5.41) is 3.13. The molecular formula is C12H16N6O. The van der Waals surface area contributed by atoms with E-state index >= 15 is 0 Å². The highest BCUT2D eigenvalue weighted by molar-refractivity contribution is 5.88. The Labute approximate surface area is 110 Å². The standard InChI is InChI=1S/C12H16N6O/c1-8(12(19)18-4-2-3-5-18)17-11-9-10(14-6-13-9)15-7-16-11/h6-8H,2-5H2,1H3,(H2,13,14,15,16,17). The Kier molecular flexibility index (Phi) is 3.02. The first-order valence-corrected chi connectivity index (χ1v) is 6.45. The molecule has 2 N–H and O–H groups in total. The van der Waals surface area contributed by atoms with Crippen LogP contribution in [-0.4, -0.2) is 49.9 Å². The van der Waals surface area contributed by atoms with E-state index in [-0.39, 0.29) is 11.9 Å². The fourth-order valence-corrected chi connectivity index (χ4v) is 2.35. The first kappa shape index (κ1) is 11.9. The molecule has 2 aromatic rings. The number of anilines is 1. The Morgan fingerprint density at radius 3 is 2.95 bits per heavy atom. The van der Waals surface area contributed by atoms with Crippen molar-refractivity contribution in [1.82, 2.24) is 24.8 Å². The maximum Gasteiger partial charge on any atom is 0.244 e. The van der Waals surface area contributed by atoms with E-state index in [0.29, 0.717) is 11.5 Å². The molecular weight excluding hydrogens is 244 g/mol. The zero-order chi connectivity index (χ0) is 13.2. The number of hydrogen-bond acceptors (Lipinski definition) is 5. The highest BCUT2D eigenvalue weighted by atomic mass is 16.2. The van der Waals surface area contributed by atoms with E-state index in [1.54, 1.807) is 6.33 Å². The number of carbonyl (C=O) groups excluding carboxylic acids is 1. The monoisotopic (exact) mass is 260 g/mol. The van der Waals surface area contributed by atoms with Gasteiger partial charge in [-0.05, 0) is 19.8 Å². The van der Waals surface area contributed by atoms with Crippen molar-refractivity contribution in [2.45, 2.75) is 25.8 Å². The first-order valence-electron chi connectivity index (χ1n) is 6.45. The van der Waals surface area contributed by atoms with E-state index in [9.17, 15) is 4.79 Å². The molecule has 0 bridgehead atoms. The molecule has 1 unspecified atom stereocenters. The molecule has 1 amide bonds. The number of nitrogens with zero attached hydrogens (tertiary/aromatic N) is 4. The van der Waals surface area contributed by atoms with Crippen molar-refractivity contribution in [2.75, 3.05) is 18.4 Å². The lowest BCUT2D eigenvalue weighted by Gasteiger charge is -2.21. The molecule has 1 saturated heterocycles. The number of hydrogen-bond donors (Lipinski definition) is 2. The lowest BCUT2D eigenvalue weighted by molar-refractivity contribution is -0.130. The Balaban J connectivity index is 1.76. The van der Waals surface area contributed by atoms with Gasteiger partial charge in [-0.2, -0.15) is 0 Å². The smallest absolute Gasteiger partial charge is 0.244 e. The van der Waals surface area contributed by atoms with Gasteiger partial charge in [0.1, 0.15) is 17.9 Å². The predicted molar refractivity (Wildman–Crippen MR) is 70.6 cm³/mol. The average Bonchev–Trinajstić information content (AvgIpc) is 3.09. The van der Waals surface area contributed by atoms with Crippen LogP contribution in [0, 0.1) is 0 Å². The number of rotatable bonds is 3. The summed E-state index contributed by atoms with van der Waals surface area (Å²) >= 11 is 0. The minimum absolute atomic E-state index is 0.115. The molecule has 1 atom stereocenters. The van der Waals surface area contributed by atoms with E-state index in [1.165, 1.54) is 6.33 Å². The second-order valence-electron chi connectivity index (χ2n) is 4.72. The SMILES string of the molecule is CC(Nc1ncnc2nc[nH]c12)C(=O)N1CCCC1. The second-order valence-corrected chi connectivity index (χ2v) is 4.72. The van der Waals surface area contributed by atoms with Gasteiger partial charge >= 0.3 is 0 Å². The van der Waals surface area contributed by atoms with Crippen LogP contribution >= 0.6 is 0 Å². The Hall–Kier alpha value is -2.18. The number of imidazole rings is 1. The zero-order valence-electron chi connectivity index (χ0n) is 10.8. The molecule has 0 aromatic carbocycles. The number of amides is 1. The molecule has 1 fully saturated rings. The largest absolute Gasteiger partial charge is 0.357 e. The van der Waals surface area contributed by atoms with E-state index in [1.807, 2.05) is 11.8 Å².